The fourth-order valence-electron chi connectivity index (χ4n) is 3.83. The first-order valence-corrected chi connectivity index (χ1v) is 13.3. The first-order chi connectivity index (χ1) is 16.6. The topological polar surface area (TPSA) is 61.6 Å². The highest BCUT2D eigenvalue weighted by atomic mass is 35.5. The highest BCUT2D eigenvalue weighted by molar-refractivity contribution is 6.43. The number of hydrogen-bond acceptors (Lipinski definition) is 4. The predicted octanol–water partition coefficient (Wildman–Crippen LogP) is 6.40. The van der Waals surface area contributed by atoms with E-state index in [4.69, 9.17) is 28.9 Å². The van der Waals surface area contributed by atoms with Gasteiger partial charge in [0.1, 0.15) is 0 Å². The van der Waals surface area contributed by atoms with E-state index in [9.17, 15) is 4.79 Å². The molecule has 7 heteroatoms. The van der Waals surface area contributed by atoms with E-state index >= 15 is 0 Å². The van der Waals surface area contributed by atoms with Crippen LogP contribution in [0.1, 0.15) is 51.2 Å². The lowest BCUT2D eigenvalue weighted by Gasteiger charge is -2.36. The van der Waals surface area contributed by atoms with Gasteiger partial charge in [0.2, 0.25) is 6.41 Å². The van der Waals surface area contributed by atoms with Crippen LogP contribution in [0.15, 0.2) is 36.4 Å². The van der Waals surface area contributed by atoms with Crippen LogP contribution in [0, 0.1) is 12.3 Å². The van der Waals surface area contributed by atoms with E-state index in [1.54, 1.807) is 0 Å². The van der Waals surface area contributed by atoms with Gasteiger partial charge in [-0.05, 0) is 74.0 Å². The van der Waals surface area contributed by atoms with E-state index in [1.807, 2.05) is 25.1 Å². The molecule has 1 heterocycles. The lowest BCUT2D eigenvalue weighted by Crippen LogP contribution is -2.46. The molecule has 0 spiro atoms. The van der Waals surface area contributed by atoms with Gasteiger partial charge in [0, 0.05) is 31.9 Å². The highest BCUT2D eigenvalue weighted by Crippen LogP contribution is 2.32. The Morgan fingerprint density at radius 2 is 1.71 bits per heavy atom. The summed E-state index contributed by atoms with van der Waals surface area (Å²) < 4.78 is 0. The molecule has 1 aliphatic heterocycles. The van der Waals surface area contributed by atoms with Gasteiger partial charge in [-0.15, -0.1) is 0 Å². The van der Waals surface area contributed by atoms with Crippen LogP contribution in [0.3, 0.4) is 0 Å². The number of nitrogens with two attached hydrogens (primary N) is 1. The molecule has 1 saturated heterocycles. The first kappa shape index (κ1) is 29.4. The number of hydrogen-bond donors (Lipinski definition) is 2. The summed E-state index contributed by atoms with van der Waals surface area (Å²) in [6, 6.07) is 12.2. The molecular weight excluding hydrogens is 479 g/mol. The van der Waals surface area contributed by atoms with Gasteiger partial charge in [-0.2, -0.15) is 0 Å². The van der Waals surface area contributed by atoms with Gasteiger partial charge in [-0.3, -0.25) is 9.69 Å². The van der Waals surface area contributed by atoms with Gasteiger partial charge in [0.15, 0.2) is 0 Å². The monoisotopic (exact) mass is 520 g/mol. The standard InChI is InChI=1S/C23H29Cl2N3O.C5H13N/c1-18-9-10-19(16-21(18)26-17-29)6-3-2-4-11-27-12-14-28(15-13-27)22-8-5-7-20(24)23(22)25;1-5(2,3)4-6/h5,7-10,16-17H,2-4,6,11-15H2,1H3,(H,26,29);4,6H2,1-3H3. The number of carbonyl (C=O) groups is 1. The van der Waals surface area contributed by atoms with Gasteiger partial charge >= 0.3 is 0 Å². The number of aryl methyl sites for hydroxylation is 2. The molecule has 0 radical (unpaired) electrons. The van der Waals surface area contributed by atoms with Crippen molar-refractivity contribution in [2.45, 2.75) is 53.4 Å². The Bertz CT molecular complexity index is 922. The van der Waals surface area contributed by atoms with Crippen molar-refractivity contribution < 1.29 is 4.79 Å². The lowest BCUT2D eigenvalue weighted by atomic mass is 9.98. The minimum Gasteiger partial charge on any atom is -0.368 e. The molecule has 0 atom stereocenters. The molecule has 3 N–H and O–H groups in total. The van der Waals surface area contributed by atoms with Gasteiger partial charge < -0.3 is 16.0 Å². The van der Waals surface area contributed by atoms with Crippen LogP contribution in [0.25, 0.3) is 0 Å². The fourth-order valence-corrected chi connectivity index (χ4v) is 4.25. The van der Waals surface area contributed by atoms with Crippen molar-refractivity contribution in [3.63, 3.8) is 0 Å². The number of carbonyl (C=O) groups excluding carboxylic acids is 1. The second kappa shape index (κ2) is 14.7. The van der Waals surface area contributed by atoms with Crippen LogP contribution in [0.2, 0.25) is 10.0 Å². The third kappa shape index (κ3) is 10.4. The molecule has 5 nitrogen and oxygen atoms in total. The number of nitrogens with zero attached hydrogens (tertiary/aromatic N) is 2. The summed E-state index contributed by atoms with van der Waals surface area (Å²) in [5, 5.41) is 4.05. The van der Waals surface area contributed by atoms with Gasteiger partial charge in [-0.1, -0.05) is 68.6 Å². The second-order valence-electron chi connectivity index (χ2n) is 10.4. The van der Waals surface area contributed by atoms with Crippen molar-refractivity contribution in [1.82, 2.24) is 4.90 Å². The Labute approximate surface area is 222 Å². The van der Waals surface area contributed by atoms with Crippen molar-refractivity contribution in [1.29, 1.82) is 0 Å². The summed E-state index contributed by atoms with van der Waals surface area (Å²) >= 11 is 12.5. The quantitative estimate of drug-likeness (QED) is 0.296. The average Bonchev–Trinajstić information content (AvgIpc) is 2.83. The molecule has 0 aromatic heterocycles. The molecule has 2 aromatic rings. The molecule has 2 aromatic carbocycles. The van der Waals surface area contributed by atoms with Crippen LogP contribution in [0.4, 0.5) is 11.4 Å². The van der Waals surface area contributed by atoms with Crippen molar-refractivity contribution in [3.8, 4) is 0 Å². The number of benzene rings is 2. The fraction of sp³-hybridized carbons (Fsp3) is 0.536. The Hall–Kier alpha value is -1.79. The van der Waals surface area contributed by atoms with Crippen LogP contribution in [-0.2, 0) is 11.2 Å². The van der Waals surface area contributed by atoms with Crippen molar-refractivity contribution >= 4 is 41.0 Å². The number of nitrogens with one attached hydrogen (secondary N) is 1. The molecule has 1 fully saturated rings. The largest absolute Gasteiger partial charge is 0.368 e. The van der Waals surface area contributed by atoms with Crippen molar-refractivity contribution in [2.75, 3.05) is 49.5 Å². The Morgan fingerprint density at radius 1 is 1.03 bits per heavy atom. The Morgan fingerprint density at radius 3 is 2.34 bits per heavy atom. The third-order valence-electron chi connectivity index (χ3n) is 6.21. The zero-order valence-electron chi connectivity index (χ0n) is 21.7. The van der Waals surface area contributed by atoms with E-state index in [2.05, 4.69) is 54.1 Å². The number of unbranched alkanes of at least 4 members (excludes halogenated alkanes) is 2. The summed E-state index contributed by atoms with van der Waals surface area (Å²) in [6.07, 6.45) is 5.39. The summed E-state index contributed by atoms with van der Waals surface area (Å²) in [4.78, 5) is 15.5. The zero-order chi connectivity index (χ0) is 25.8. The Kier molecular flexibility index (Phi) is 12.4. The van der Waals surface area contributed by atoms with E-state index in [-0.39, 0.29) is 0 Å². The number of anilines is 2. The first-order valence-electron chi connectivity index (χ1n) is 12.6. The molecule has 0 saturated carbocycles. The van der Waals surface area contributed by atoms with Crippen LogP contribution in [0.5, 0.6) is 0 Å². The van der Waals surface area contributed by atoms with E-state index < -0.39 is 0 Å². The number of piperazine rings is 1. The van der Waals surface area contributed by atoms with Gasteiger partial charge in [0.25, 0.3) is 0 Å². The van der Waals surface area contributed by atoms with Crippen LogP contribution < -0.4 is 16.0 Å². The highest BCUT2D eigenvalue weighted by Gasteiger charge is 2.19. The minimum absolute atomic E-state index is 0.319. The number of halogens is 2. The van der Waals surface area contributed by atoms with Crippen LogP contribution in [-0.4, -0.2) is 50.6 Å². The smallest absolute Gasteiger partial charge is 0.211 e. The minimum atomic E-state index is 0.319. The summed E-state index contributed by atoms with van der Waals surface area (Å²) in [6.45, 7) is 14.4. The molecule has 0 bridgehead atoms. The summed E-state index contributed by atoms with van der Waals surface area (Å²) in [5.74, 6) is 0. The maximum Gasteiger partial charge on any atom is 0.211 e. The number of rotatable bonds is 9. The second-order valence-corrected chi connectivity index (χ2v) is 11.2. The maximum atomic E-state index is 10.7. The zero-order valence-corrected chi connectivity index (χ0v) is 23.3. The van der Waals surface area contributed by atoms with Gasteiger partial charge in [0.05, 0.1) is 15.7 Å². The van der Waals surface area contributed by atoms with Crippen molar-refractivity contribution in [3.05, 3.63) is 57.6 Å². The molecule has 3 rings (SSSR count). The molecule has 1 amide bonds. The molecule has 0 unspecified atom stereocenters. The Balaban J connectivity index is 0.000000641. The normalized spacial score (nSPS) is 14.3. The lowest BCUT2D eigenvalue weighted by molar-refractivity contribution is -0.105. The molecule has 194 valence electrons. The summed E-state index contributed by atoms with van der Waals surface area (Å²) in [5.41, 5.74) is 9.96. The average molecular weight is 522 g/mol. The molecule has 35 heavy (non-hydrogen) atoms. The van der Waals surface area contributed by atoms with E-state index in [0.29, 0.717) is 15.5 Å². The van der Waals surface area contributed by atoms with Crippen LogP contribution >= 0.6 is 23.2 Å². The van der Waals surface area contributed by atoms with Gasteiger partial charge in [-0.25, -0.2) is 0 Å². The van der Waals surface area contributed by atoms with Crippen molar-refractivity contribution in [2.24, 2.45) is 11.1 Å². The van der Waals surface area contributed by atoms with E-state index in [1.165, 1.54) is 24.8 Å². The third-order valence-corrected chi connectivity index (χ3v) is 7.02. The predicted molar refractivity (Wildman–Crippen MR) is 152 cm³/mol. The summed E-state index contributed by atoms with van der Waals surface area (Å²) in [7, 11) is 0. The molecule has 1 aliphatic rings. The maximum absolute atomic E-state index is 10.7. The molecule has 0 aliphatic carbocycles. The SMILES string of the molecule is CC(C)(C)CN.Cc1ccc(CCCCCN2CCN(c3cccc(Cl)c3Cl)CC2)cc1NC=O. The molecular formula is C28H42Cl2N4O. The van der Waals surface area contributed by atoms with E-state index in [0.717, 1.165) is 69.0 Å². The number of amides is 1.